The number of imide groups is 1. The Morgan fingerprint density at radius 3 is 2.41 bits per heavy atom. The molecule has 5 heterocycles. The average Bonchev–Trinajstić information content (AvgIpc) is 3.21. The maximum Gasteiger partial charge on any atom is 0.251 e. The molecular formula is C21H23N3O5. The first kappa shape index (κ1) is 18.3. The van der Waals surface area contributed by atoms with E-state index in [9.17, 15) is 14.4 Å². The monoisotopic (exact) mass is 397 g/mol. The molecule has 5 aliphatic rings. The molecule has 29 heavy (non-hydrogen) atoms. The summed E-state index contributed by atoms with van der Waals surface area (Å²) >= 11 is 0. The Kier molecular flexibility index (Phi) is 3.57. The van der Waals surface area contributed by atoms with Crippen LogP contribution < -0.4 is 4.90 Å². The van der Waals surface area contributed by atoms with Crippen molar-refractivity contribution in [3.8, 4) is 0 Å². The number of amides is 3. The van der Waals surface area contributed by atoms with Crippen molar-refractivity contribution in [2.24, 2.45) is 22.2 Å². The van der Waals surface area contributed by atoms with E-state index >= 15 is 0 Å². The predicted octanol–water partition coefficient (Wildman–Crippen LogP) is 1.20. The smallest absolute Gasteiger partial charge is 0.251 e. The zero-order chi connectivity index (χ0) is 20.7. The highest BCUT2D eigenvalue weighted by molar-refractivity contribution is 6.26. The molecule has 8 nitrogen and oxygen atoms in total. The van der Waals surface area contributed by atoms with Gasteiger partial charge in [-0.1, -0.05) is 39.0 Å². The van der Waals surface area contributed by atoms with Gasteiger partial charge in [0.1, 0.15) is 12.3 Å². The van der Waals surface area contributed by atoms with Crippen LogP contribution in [0.1, 0.15) is 20.8 Å². The number of anilines is 1. The molecule has 5 atom stereocenters. The van der Waals surface area contributed by atoms with Crippen LogP contribution in [0.3, 0.4) is 0 Å². The number of aliphatic imine (C=N–C) groups is 1. The summed E-state index contributed by atoms with van der Waals surface area (Å²) in [7, 11) is 1.48. The topological polar surface area (TPSA) is 88.5 Å². The van der Waals surface area contributed by atoms with Gasteiger partial charge < -0.3 is 9.47 Å². The van der Waals surface area contributed by atoms with Gasteiger partial charge >= 0.3 is 0 Å². The average molecular weight is 397 g/mol. The summed E-state index contributed by atoms with van der Waals surface area (Å²) in [5, 5.41) is 0. The summed E-state index contributed by atoms with van der Waals surface area (Å²) in [6.07, 6.45) is -0.534. The van der Waals surface area contributed by atoms with Crippen LogP contribution in [-0.4, -0.2) is 60.0 Å². The molecule has 0 saturated carbocycles. The lowest BCUT2D eigenvalue weighted by molar-refractivity contribution is -0.162. The van der Waals surface area contributed by atoms with Gasteiger partial charge in [0, 0.05) is 5.41 Å². The molecule has 6 rings (SSSR count). The van der Waals surface area contributed by atoms with Gasteiger partial charge in [-0.2, -0.15) is 0 Å². The van der Waals surface area contributed by atoms with Crippen LogP contribution in [0.15, 0.2) is 35.3 Å². The van der Waals surface area contributed by atoms with E-state index in [0.29, 0.717) is 11.6 Å². The molecule has 3 fully saturated rings. The zero-order valence-corrected chi connectivity index (χ0v) is 16.8. The molecule has 2 bridgehead atoms. The number of methoxy groups -OCH3 is 1. The summed E-state index contributed by atoms with van der Waals surface area (Å²) in [6.45, 7) is 6.00. The van der Waals surface area contributed by atoms with E-state index in [1.54, 1.807) is 29.2 Å². The van der Waals surface area contributed by atoms with E-state index in [2.05, 4.69) is 4.99 Å². The Balaban J connectivity index is 1.68. The molecular weight excluding hydrogens is 374 g/mol. The highest BCUT2D eigenvalue weighted by Crippen LogP contribution is 2.55. The van der Waals surface area contributed by atoms with Gasteiger partial charge in [-0.3, -0.25) is 19.3 Å². The van der Waals surface area contributed by atoms with Crippen molar-refractivity contribution < 1.29 is 23.9 Å². The third-order valence-electron chi connectivity index (χ3n) is 6.40. The number of hydrogen-bond acceptors (Lipinski definition) is 6. The largest absolute Gasteiger partial charge is 0.483 e. The highest BCUT2D eigenvalue weighted by atomic mass is 16.5. The molecule has 0 aromatic heterocycles. The van der Waals surface area contributed by atoms with Crippen LogP contribution in [-0.2, 0) is 23.9 Å². The van der Waals surface area contributed by atoms with Crippen molar-refractivity contribution in [2.45, 2.75) is 38.6 Å². The van der Waals surface area contributed by atoms with Crippen LogP contribution in [0.2, 0.25) is 0 Å². The number of benzene rings is 1. The number of nitrogens with zero attached hydrogens (tertiary/aromatic N) is 3. The lowest BCUT2D eigenvalue weighted by atomic mass is 9.66. The number of piperidine rings is 1. The molecule has 0 unspecified atom stereocenters. The zero-order valence-electron chi connectivity index (χ0n) is 16.8. The summed E-state index contributed by atoms with van der Waals surface area (Å²) in [5.41, 5.74) is -1.08. The number of para-hydroxylation sites is 1. The second-order valence-corrected chi connectivity index (χ2v) is 9.10. The Morgan fingerprint density at radius 1 is 1.10 bits per heavy atom. The summed E-state index contributed by atoms with van der Waals surface area (Å²) in [4.78, 5) is 47.7. The van der Waals surface area contributed by atoms with E-state index in [0.717, 1.165) is 0 Å². The maximum atomic E-state index is 13.6. The van der Waals surface area contributed by atoms with Crippen LogP contribution in [0, 0.1) is 17.3 Å². The Labute approximate surface area is 168 Å². The second kappa shape index (κ2) is 5.66. The van der Waals surface area contributed by atoms with Gasteiger partial charge in [0.05, 0.1) is 31.2 Å². The summed E-state index contributed by atoms with van der Waals surface area (Å²) in [6, 6.07) is 7.82. The molecule has 0 radical (unpaired) electrons. The van der Waals surface area contributed by atoms with Gasteiger partial charge in [-0.05, 0) is 12.1 Å². The minimum atomic E-state index is -1.19. The second-order valence-electron chi connectivity index (χ2n) is 9.10. The number of rotatable bonds is 1. The molecule has 5 aliphatic heterocycles. The maximum absolute atomic E-state index is 13.6. The Morgan fingerprint density at radius 2 is 1.79 bits per heavy atom. The Hall–Kier alpha value is -2.74. The third-order valence-corrected chi connectivity index (χ3v) is 6.40. The molecule has 1 aromatic rings. The van der Waals surface area contributed by atoms with Gasteiger partial charge in [-0.15, -0.1) is 0 Å². The summed E-state index contributed by atoms with van der Waals surface area (Å²) < 4.78 is 11.6. The first-order valence-corrected chi connectivity index (χ1v) is 9.73. The number of carbonyl (C=O) groups excluding carboxylic acids is 3. The molecule has 1 spiro atoms. The first-order chi connectivity index (χ1) is 13.7. The van der Waals surface area contributed by atoms with Crippen molar-refractivity contribution >= 4 is 29.3 Å². The van der Waals surface area contributed by atoms with E-state index in [1.807, 2.05) is 26.8 Å². The van der Waals surface area contributed by atoms with Gasteiger partial charge in [-0.25, -0.2) is 9.89 Å². The predicted molar refractivity (Wildman–Crippen MR) is 103 cm³/mol. The van der Waals surface area contributed by atoms with Gasteiger partial charge in [0.15, 0.2) is 5.54 Å². The number of carbonyl (C=O) groups is 3. The lowest BCUT2D eigenvalue weighted by Gasteiger charge is -2.53. The summed E-state index contributed by atoms with van der Waals surface area (Å²) in [5.74, 6) is -2.32. The standard InChI is InChI=1S/C21H23N3O5/c1-20(2,3)19-24-17(27)14-12-13(21(24,10-29-19)18(22-14)28-4)16(26)23(15(12)25)11-8-6-5-7-9-11/h5-9,12-14,19H,10H2,1-4H3/t12-,13-,14-,19-,21-/m1/s1. The Bertz CT molecular complexity index is 953. The normalized spacial score (nSPS) is 35.7. The molecule has 3 saturated heterocycles. The van der Waals surface area contributed by atoms with Crippen molar-refractivity contribution in [3.05, 3.63) is 30.3 Å². The van der Waals surface area contributed by atoms with E-state index in [1.165, 1.54) is 12.0 Å². The van der Waals surface area contributed by atoms with Crippen LogP contribution >= 0.6 is 0 Å². The highest BCUT2D eigenvalue weighted by Gasteiger charge is 2.76. The third kappa shape index (κ3) is 2.07. The minimum Gasteiger partial charge on any atom is -0.483 e. The molecule has 8 heteroatoms. The van der Waals surface area contributed by atoms with Crippen molar-refractivity contribution in [3.63, 3.8) is 0 Å². The molecule has 3 amide bonds. The van der Waals surface area contributed by atoms with Crippen LogP contribution in [0.4, 0.5) is 5.69 Å². The number of ether oxygens (including phenoxy) is 2. The fraction of sp³-hybridized carbons (Fsp3) is 0.524. The van der Waals surface area contributed by atoms with Crippen molar-refractivity contribution in [2.75, 3.05) is 18.6 Å². The first-order valence-electron chi connectivity index (χ1n) is 9.73. The van der Waals surface area contributed by atoms with Gasteiger partial charge in [0.2, 0.25) is 17.7 Å². The number of hydrogen-bond donors (Lipinski definition) is 0. The van der Waals surface area contributed by atoms with Crippen molar-refractivity contribution in [1.82, 2.24) is 4.90 Å². The quantitative estimate of drug-likeness (QED) is 0.665. The molecule has 0 aliphatic carbocycles. The molecule has 1 aromatic carbocycles. The van der Waals surface area contributed by atoms with Crippen LogP contribution in [0.25, 0.3) is 0 Å². The fourth-order valence-electron chi connectivity index (χ4n) is 5.29. The lowest BCUT2D eigenvalue weighted by Crippen LogP contribution is -2.75. The van der Waals surface area contributed by atoms with Gasteiger partial charge in [0.25, 0.3) is 5.91 Å². The fourth-order valence-corrected chi connectivity index (χ4v) is 5.29. The van der Waals surface area contributed by atoms with Crippen molar-refractivity contribution in [1.29, 1.82) is 0 Å². The SMILES string of the molecule is COC1=N[C@H]2C(=O)N3[C@@H](C(C)(C)C)OC[C@@]13[C@H]1C(=O)N(c3ccccc3)C(=O)[C@@H]21. The van der Waals surface area contributed by atoms with Crippen LogP contribution in [0.5, 0.6) is 0 Å². The van der Waals surface area contributed by atoms with E-state index in [-0.39, 0.29) is 29.7 Å². The van der Waals surface area contributed by atoms with E-state index < -0.39 is 29.6 Å². The molecule has 152 valence electrons. The van der Waals surface area contributed by atoms with E-state index in [4.69, 9.17) is 9.47 Å². The minimum absolute atomic E-state index is 0.0723. The molecule has 0 N–H and O–H groups in total.